The van der Waals surface area contributed by atoms with E-state index in [1.807, 2.05) is 0 Å². The van der Waals surface area contributed by atoms with Crippen molar-refractivity contribution in [2.45, 2.75) is 12.6 Å². The van der Waals surface area contributed by atoms with Gasteiger partial charge in [0.05, 0.1) is 24.9 Å². The second-order valence-corrected chi connectivity index (χ2v) is 7.15. The van der Waals surface area contributed by atoms with Gasteiger partial charge in [0.25, 0.3) is 0 Å². The topological polar surface area (TPSA) is 71.3 Å². The molecule has 6 nitrogen and oxygen atoms in total. The van der Waals surface area contributed by atoms with Crippen molar-refractivity contribution in [1.82, 2.24) is 0 Å². The molecule has 0 unspecified atom stereocenters. The quantitative estimate of drug-likeness (QED) is 0.777. The minimum absolute atomic E-state index is 0.0508. The number of hydrogen-bond donors (Lipinski definition) is 0. The van der Waals surface area contributed by atoms with Crippen LogP contribution >= 0.6 is 0 Å². The molecule has 0 aliphatic carbocycles. The van der Waals surface area contributed by atoms with Gasteiger partial charge in [0.1, 0.15) is 12.4 Å². The molecule has 2 rings (SSSR count). The summed E-state index contributed by atoms with van der Waals surface area (Å²) in [7, 11) is -2.52. The SMILES string of the molecule is CN(c1cccc(OCC2=NCC=N2)c1CC(F)(F)F)S(C)(=O)=O. The molecule has 0 radical (unpaired) electrons. The molecule has 0 saturated carbocycles. The second-order valence-electron chi connectivity index (χ2n) is 5.13. The first-order valence-corrected chi connectivity index (χ1v) is 8.74. The summed E-state index contributed by atoms with van der Waals surface area (Å²) in [4.78, 5) is 7.92. The van der Waals surface area contributed by atoms with Gasteiger partial charge >= 0.3 is 6.18 Å². The number of hydrogen-bond acceptors (Lipinski definition) is 5. The Hall–Kier alpha value is -2.10. The van der Waals surface area contributed by atoms with Gasteiger partial charge in [-0.05, 0) is 12.1 Å². The van der Waals surface area contributed by atoms with Crippen LogP contribution in [-0.2, 0) is 16.4 Å². The maximum Gasteiger partial charge on any atom is 0.393 e. The normalized spacial score (nSPS) is 14.6. The fourth-order valence-corrected chi connectivity index (χ4v) is 2.63. The van der Waals surface area contributed by atoms with Crippen LogP contribution in [0.5, 0.6) is 5.75 Å². The number of amidine groups is 1. The number of anilines is 1. The number of benzene rings is 1. The van der Waals surface area contributed by atoms with Gasteiger partial charge in [0.2, 0.25) is 10.0 Å². The van der Waals surface area contributed by atoms with Crippen molar-refractivity contribution in [2.75, 3.05) is 30.8 Å². The van der Waals surface area contributed by atoms with E-state index in [0.717, 1.165) is 10.6 Å². The van der Waals surface area contributed by atoms with Crippen LogP contribution in [0.15, 0.2) is 28.2 Å². The highest BCUT2D eigenvalue weighted by molar-refractivity contribution is 7.92. The molecule has 0 spiro atoms. The van der Waals surface area contributed by atoms with E-state index in [-0.39, 0.29) is 23.6 Å². The average Bonchev–Trinajstić information content (AvgIpc) is 2.96. The van der Waals surface area contributed by atoms with Crippen molar-refractivity contribution >= 4 is 27.8 Å². The van der Waals surface area contributed by atoms with Crippen LogP contribution in [0.3, 0.4) is 0 Å². The summed E-state index contributed by atoms with van der Waals surface area (Å²) in [5.74, 6) is 0.319. The summed E-state index contributed by atoms with van der Waals surface area (Å²) in [6.45, 7) is 0.318. The van der Waals surface area contributed by atoms with Crippen LogP contribution in [0.2, 0.25) is 0 Å². The van der Waals surface area contributed by atoms with E-state index in [9.17, 15) is 21.6 Å². The van der Waals surface area contributed by atoms with Crippen LogP contribution < -0.4 is 9.04 Å². The number of nitrogens with zero attached hydrogens (tertiary/aromatic N) is 3. The van der Waals surface area contributed by atoms with Crippen molar-refractivity contribution in [3.8, 4) is 5.75 Å². The Morgan fingerprint density at radius 3 is 2.58 bits per heavy atom. The number of alkyl halides is 3. The van der Waals surface area contributed by atoms with E-state index in [1.54, 1.807) is 6.21 Å². The summed E-state index contributed by atoms with van der Waals surface area (Å²) in [5, 5.41) is 0. The van der Waals surface area contributed by atoms with E-state index >= 15 is 0 Å². The third-order valence-electron chi connectivity index (χ3n) is 3.27. The highest BCUT2D eigenvalue weighted by Crippen LogP contribution is 2.35. The molecule has 0 saturated heterocycles. The van der Waals surface area contributed by atoms with Crippen LogP contribution in [0, 0.1) is 0 Å². The van der Waals surface area contributed by atoms with E-state index in [2.05, 4.69) is 9.98 Å². The largest absolute Gasteiger partial charge is 0.485 e. The van der Waals surface area contributed by atoms with Crippen LogP contribution in [0.4, 0.5) is 18.9 Å². The standard InChI is InChI=1S/C14H16F3N3O3S/c1-20(24(2,21)22)11-4-3-5-12(10(11)8-14(15,16)17)23-9-13-18-6-7-19-13/h3-6H,7-9H2,1-2H3. The van der Waals surface area contributed by atoms with Crippen LogP contribution in [-0.4, -0.2) is 53.1 Å². The molecule has 0 atom stereocenters. The molecule has 0 amide bonds. The first-order chi connectivity index (χ1) is 11.1. The lowest BCUT2D eigenvalue weighted by atomic mass is 10.1. The highest BCUT2D eigenvalue weighted by atomic mass is 32.2. The third-order valence-corrected chi connectivity index (χ3v) is 4.47. The van der Waals surface area contributed by atoms with Crippen molar-refractivity contribution in [1.29, 1.82) is 0 Å². The van der Waals surface area contributed by atoms with Gasteiger partial charge < -0.3 is 4.74 Å². The van der Waals surface area contributed by atoms with Gasteiger partial charge in [-0.2, -0.15) is 13.2 Å². The molecule has 1 aromatic carbocycles. The summed E-state index contributed by atoms with van der Waals surface area (Å²) >= 11 is 0. The molecule has 24 heavy (non-hydrogen) atoms. The molecule has 1 heterocycles. The average molecular weight is 363 g/mol. The fourth-order valence-electron chi connectivity index (χ4n) is 2.10. The van der Waals surface area contributed by atoms with Crippen LogP contribution in [0.1, 0.15) is 5.56 Å². The Labute approximate surface area is 137 Å². The summed E-state index contributed by atoms with van der Waals surface area (Å²) in [6.07, 6.45) is -3.35. The minimum Gasteiger partial charge on any atom is -0.485 e. The minimum atomic E-state index is -4.52. The van der Waals surface area contributed by atoms with Crippen molar-refractivity contribution < 1.29 is 26.3 Å². The molecule has 132 valence electrons. The Balaban J connectivity index is 2.39. The summed E-state index contributed by atoms with van der Waals surface area (Å²) in [5.41, 5.74) is -0.329. The van der Waals surface area contributed by atoms with E-state index in [4.69, 9.17) is 4.74 Å². The zero-order valence-corrected chi connectivity index (χ0v) is 13.9. The molecular formula is C14H16F3N3O3S. The maximum atomic E-state index is 12.9. The van der Waals surface area contributed by atoms with Crippen molar-refractivity contribution in [3.05, 3.63) is 23.8 Å². The molecule has 0 fully saturated rings. The number of rotatable bonds is 6. The number of aliphatic imine (C=N–C) groups is 2. The zero-order valence-electron chi connectivity index (χ0n) is 13.0. The molecule has 10 heteroatoms. The molecule has 1 aliphatic rings. The van der Waals surface area contributed by atoms with E-state index in [0.29, 0.717) is 12.4 Å². The summed E-state index contributed by atoms with van der Waals surface area (Å²) in [6, 6.07) is 4.10. The molecule has 1 aliphatic heterocycles. The Morgan fingerprint density at radius 1 is 1.33 bits per heavy atom. The number of ether oxygens (including phenoxy) is 1. The lowest BCUT2D eigenvalue weighted by Gasteiger charge is -2.23. The third kappa shape index (κ3) is 4.70. The fraction of sp³-hybridized carbons (Fsp3) is 0.429. The Morgan fingerprint density at radius 2 is 2.04 bits per heavy atom. The van der Waals surface area contributed by atoms with Gasteiger partial charge in [-0.1, -0.05) is 6.07 Å². The molecular weight excluding hydrogens is 347 g/mol. The Bertz CT molecular complexity index is 773. The first kappa shape index (κ1) is 18.2. The Kier molecular flexibility index (Phi) is 5.16. The van der Waals surface area contributed by atoms with Crippen molar-refractivity contribution in [2.24, 2.45) is 9.98 Å². The van der Waals surface area contributed by atoms with Gasteiger partial charge in [0.15, 0.2) is 5.84 Å². The molecule has 1 aromatic rings. The highest BCUT2D eigenvalue weighted by Gasteiger charge is 2.32. The van der Waals surface area contributed by atoms with Crippen molar-refractivity contribution in [3.63, 3.8) is 0 Å². The first-order valence-electron chi connectivity index (χ1n) is 6.89. The second kappa shape index (κ2) is 6.80. The predicted octanol–water partition coefficient (Wildman–Crippen LogP) is 2.05. The smallest absolute Gasteiger partial charge is 0.393 e. The number of halogens is 3. The predicted molar refractivity (Wildman–Crippen MR) is 85.7 cm³/mol. The molecule has 0 bridgehead atoms. The molecule has 0 N–H and O–H groups in total. The lowest BCUT2D eigenvalue weighted by Crippen LogP contribution is -2.27. The summed E-state index contributed by atoms with van der Waals surface area (Å²) < 4.78 is 68.4. The van der Waals surface area contributed by atoms with E-state index < -0.39 is 22.6 Å². The van der Waals surface area contributed by atoms with Gasteiger partial charge in [-0.25, -0.2) is 13.4 Å². The van der Waals surface area contributed by atoms with Gasteiger partial charge in [0, 0.05) is 18.8 Å². The maximum absolute atomic E-state index is 12.9. The number of sulfonamides is 1. The van der Waals surface area contributed by atoms with Crippen LogP contribution in [0.25, 0.3) is 0 Å². The van der Waals surface area contributed by atoms with E-state index in [1.165, 1.54) is 25.2 Å². The monoisotopic (exact) mass is 363 g/mol. The molecule has 0 aromatic heterocycles. The lowest BCUT2D eigenvalue weighted by molar-refractivity contribution is -0.127. The van der Waals surface area contributed by atoms with Gasteiger partial charge in [-0.15, -0.1) is 0 Å². The zero-order chi connectivity index (χ0) is 18.0. The van der Waals surface area contributed by atoms with Gasteiger partial charge in [-0.3, -0.25) is 9.30 Å².